The molecule has 0 radical (unpaired) electrons. The van der Waals surface area contributed by atoms with Gasteiger partial charge in [-0.1, -0.05) is 13.3 Å². The lowest BCUT2D eigenvalue weighted by Crippen LogP contribution is -2.41. The van der Waals surface area contributed by atoms with E-state index in [9.17, 15) is 13.2 Å². The van der Waals surface area contributed by atoms with Crippen LogP contribution in [0.1, 0.15) is 32.6 Å². The number of aliphatic carboxylic acids is 1. The Balaban J connectivity index is 0.000000325. The summed E-state index contributed by atoms with van der Waals surface area (Å²) in [6, 6.07) is 0. The molecule has 0 amide bonds. The molecule has 0 aliphatic carbocycles. The Morgan fingerprint density at radius 1 is 1.29 bits per heavy atom. The normalized spacial score (nSPS) is 18.4. The molecule has 0 aromatic carbocycles. The Kier molecular flexibility index (Phi) is 6.52. The second-order valence-electron chi connectivity index (χ2n) is 4.64. The maximum absolute atomic E-state index is 10.5. The lowest BCUT2D eigenvalue weighted by atomic mass is 10.3. The largest absolute Gasteiger partial charge is 0.542 e. The molecule has 0 unspecified atom stereocenters. The molecular formula is C11H20F3NO2. The van der Waals surface area contributed by atoms with Crippen LogP contribution >= 0.6 is 0 Å². The van der Waals surface area contributed by atoms with E-state index in [0.29, 0.717) is 0 Å². The van der Waals surface area contributed by atoms with Crippen LogP contribution in [0.4, 0.5) is 13.2 Å². The molecule has 1 heterocycles. The SMILES string of the molecule is CCCC[N+]1(C)CCCC1.O=C([O-])C(F)(F)F. The third-order valence-corrected chi connectivity index (χ3v) is 2.93. The van der Waals surface area contributed by atoms with Crippen molar-refractivity contribution < 1.29 is 27.6 Å². The Hall–Kier alpha value is -0.780. The van der Waals surface area contributed by atoms with Crippen molar-refractivity contribution in [1.29, 1.82) is 0 Å². The number of carboxylic acids is 1. The van der Waals surface area contributed by atoms with Crippen LogP contribution in [-0.2, 0) is 4.79 Å². The lowest BCUT2D eigenvalue weighted by Gasteiger charge is -2.28. The first-order chi connectivity index (χ1) is 7.71. The summed E-state index contributed by atoms with van der Waals surface area (Å²) >= 11 is 0. The van der Waals surface area contributed by atoms with Gasteiger partial charge in [0.25, 0.3) is 0 Å². The number of alkyl halides is 3. The van der Waals surface area contributed by atoms with Crippen LogP contribution in [0, 0.1) is 0 Å². The third-order valence-electron chi connectivity index (χ3n) is 2.93. The minimum absolute atomic E-state index is 1.36. The second kappa shape index (κ2) is 6.83. The summed E-state index contributed by atoms with van der Waals surface area (Å²) in [7, 11) is 2.41. The van der Waals surface area contributed by atoms with Gasteiger partial charge in [0.1, 0.15) is 5.97 Å². The summed E-state index contributed by atoms with van der Waals surface area (Å²) in [6.07, 6.45) is 0.491. The Morgan fingerprint density at radius 2 is 1.71 bits per heavy atom. The van der Waals surface area contributed by atoms with Gasteiger partial charge in [-0.25, -0.2) is 0 Å². The molecule has 6 heteroatoms. The Labute approximate surface area is 99.8 Å². The van der Waals surface area contributed by atoms with E-state index in [-0.39, 0.29) is 0 Å². The van der Waals surface area contributed by atoms with Crippen LogP contribution in [0.15, 0.2) is 0 Å². The highest BCUT2D eigenvalue weighted by Gasteiger charge is 2.28. The number of quaternary nitrogens is 1. The zero-order valence-electron chi connectivity index (χ0n) is 10.3. The van der Waals surface area contributed by atoms with E-state index in [1.807, 2.05) is 0 Å². The number of hydrogen-bond acceptors (Lipinski definition) is 2. The highest BCUT2D eigenvalue weighted by Crippen LogP contribution is 2.16. The summed E-state index contributed by atoms with van der Waals surface area (Å²) in [4.78, 5) is 8.78. The molecule has 0 aromatic rings. The smallest absolute Gasteiger partial charge is 0.430 e. The fraction of sp³-hybridized carbons (Fsp3) is 0.909. The Morgan fingerprint density at radius 3 is 2.00 bits per heavy atom. The summed E-state index contributed by atoms with van der Waals surface area (Å²) in [5.74, 6) is -3.01. The monoisotopic (exact) mass is 255 g/mol. The number of hydrogen-bond donors (Lipinski definition) is 0. The highest BCUT2D eigenvalue weighted by atomic mass is 19.4. The second-order valence-corrected chi connectivity index (χ2v) is 4.64. The first-order valence-corrected chi connectivity index (χ1v) is 5.83. The van der Waals surface area contributed by atoms with Crippen LogP contribution in [-0.4, -0.2) is 43.3 Å². The number of carbonyl (C=O) groups excluding carboxylic acids is 1. The van der Waals surface area contributed by atoms with E-state index in [2.05, 4.69) is 14.0 Å². The van der Waals surface area contributed by atoms with Gasteiger partial charge >= 0.3 is 6.18 Å². The van der Waals surface area contributed by atoms with Gasteiger partial charge in [0.2, 0.25) is 0 Å². The van der Waals surface area contributed by atoms with E-state index in [1.165, 1.54) is 49.8 Å². The average Bonchev–Trinajstić information content (AvgIpc) is 2.62. The van der Waals surface area contributed by atoms with Crippen LogP contribution in [0.2, 0.25) is 0 Å². The van der Waals surface area contributed by atoms with E-state index in [4.69, 9.17) is 9.90 Å². The number of carbonyl (C=O) groups is 1. The van der Waals surface area contributed by atoms with Crippen molar-refractivity contribution in [3.63, 3.8) is 0 Å². The van der Waals surface area contributed by atoms with Crippen LogP contribution in [0.3, 0.4) is 0 Å². The maximum atomic E-state index is 10.5. The van der Waals surface area contributed by atoms with Gasteiger partial charge in [-0.05, 0) is 6.42 Å². The van der Waals surface area contributed by atoms with Crippen molar-refractivity contribution in [3.8, 4) is 0 Å². The number of carboxylic acid groups (broad SMARTS) is 1. The number of rotatable bonds is 3. The van der Waals surface area contributed by atoms with Gasteiger partial charge in [0.15, 0.2) is 0 Å². The molecule has 0 spiro atoms. The van der Waals surface area contributed by atoms with E-state index >= 15 is 0 Å². The molecule has 102 valence electrons. The first kappa shape index (κ1) is 16.2. The average molecular weight is 255 g/mol. The fourth-order valence-electron chi connectivity index (χ4n) is 1.86. The number of halogens is 3. The Bertz CT molecular complexity index is 235. The molecule has 0 N–H and O–H groups in total. The predicted molar refractivity (Wildman–Crippen MR) is 56.0 cm³/mol. The fourth-order valence-corrected chi connectivity index (χ4v) is 1.86. The van der Waals surface area contributed by atoms with Crippen LogP contribution < -0.4 is 5.11 Å². The number of unbranched alkanes of at least 4 members (excludes halogenated alkanes) is 1. The molecule has 1 saturated heterocycles. The van der Waals surface area contributed by atoms with Gasteiger partial charge in [0, 0.05) is 12.8 Å². The van der Waals surface area contributed by atoms with Crippen LogP contribution in [0.25, 0.3) is 0 Å². The summed E-state index contributed by atoms with van der Waals surface area (Å²) < 4.78 is 32.9. The molecule has 1 aliphatic rings. The topological polar surface area (TPSA) is 40.1 Å². The minimum Gasteiger partial charge on any atom is -0.542 e. The van der Waals surface area contributed by atoms with Gasteiger partial charge in [-0.15, -0.1) is 0 Å². The number of nitrogens with zero attached hydrogens (tertiary/aromatic N) is 1. The standard InChI is InChI=1S/C9H20N.C2HF3O2/c1-3-4-7-10(2)8-5-6-9-10;3-2(4,5)1(6)7/h3-9H2,1-2H3;(H,6,7)/q+1;/p-1. The van der Waals surface area contributed by atoms with Crippen molar-refractivity contribution in [2.75, 3.05) is 26.7 Å². The van der Waals surface area contributed by atoms with Gasteiger partial charge in [-0.2, -0.15) is 13.2 Å². The summed E-state index contributed by atoms with van der Waals surface area (Å²) in [6.45, 7) is 6.55. The molecule has 1 aliphatic heterocycles. The molecule has 3 nitrogen and oxygen atoms in total. The molecule has 1 fully saturated rings. The quantitative estimate of drug-likeness (QED) is 0.714. The number of likely N-dealkylation sites (tertiary alicyclic amines) is 1. The van der Waals surface area contributed by atoms with Crippen molar-refractivity contribution >= 4 is 5.97 Å². The highest BCUT2D eigenvalue weighted by molar-refractivity contribution is 5.70. The van der Waals surface area contributed by atoms with Crippen LogP contribution in [0.5, 0.6) is 0 Å². The first-order valence-electron chi connectivity index (χ1n) is 5.83. The van der Waals surface area contributed by atoms with Gasteiger partial charge < -0.3 is 14.4 Å². The third kappa shape index (κ3) is 7.20. The van der Waals surface area contributed by atoms with Crippen molar-refractivity contribution in [3.05, 3.63) is 0 Å². The molecule has 0 aromatic heterocycles. The van der Waals surface area contributed by atoms with E-state index in [0.717, 1.165) is 0 Å². The van der Waals surface area contributed by atoms with E-state index < -0.39 is 12.1 Å². The predicted octanol–water partition coefficient (Wildman–Crippen LogP) is 1.33. The van der Waals surface area contributed by atoms with Gasteiger partial charge in [-0.3, -0.25) is 0 Å². The molecule has 1 rings (SSSR count). The summed E-state index contributed by atoms with van der Waals surface area (Å²) in [5.41, 5.74) is 0. The maximum Gasteiger partial charge on any atom is 0.430 e. The lowest BCUT2D eigenvalue weighted by molar-refractivity contribution is -0.897. The van der Waals surface area contributed by atoms with Crippen molar-refractivity contribution in [1.82, 2.24) is 0 Å². The molecular weight excluding hydrogens is 235 g/mol. The minimum atomic E-state index is -5.19. The molecule has 0 bridgehead atoms. The van der Waals surface area contributed by atoms with Crippen molar-refractivity contribution in [2.45, 2.75) is 38.8 Å². The molecule has 0 saturated carbocycles. The zero-order valence-corrected chi connectivity index (χ0v) is 10.3. The van der Waals surface area contributed by atoms with Crippen molar-refractivity contribution in [2.24, 2.45) is 0 Å². The zero-order chi connectivity index (χ0) is 13.5. The molecule has 17 heavy (non-hydrogen) atoms. The van der Waals surface area contributed by atoms with Gasteiger partial charge in [0.05, 0.1) is 26.7 Å². The van der Waals surface area contributed by atoms with E-state index in [1.54, 1.807) is 0 Å². The summed E-state index contributed by atoms with van der Waals surface area (Å²) in [5, 5.41) is 8.78. The molecule has 0 atom stereocenters.